The number of carboxylic acid groups (broad SMARTS) is 1. The molecule has 2 fully saturated rings. The van der Waals surface area contributed by atoms with Gasteiger partial charge in [-0.2, -0.15) is 0 Å². The van der Waals surface area contributed by atoms with Crippen molar-refractivity contribution >= 4 is 11.9 Å². The Morgan fingerprint density at radius 3 is 2.63 bits per heavy atom. The van der Waals surface area contributed by atoms with Gasteiger partial charge in [-0.1, -0.05) is 6.07 Å². The second-order valence-electron chi connectivity index (χ2n) is 5.25. The first-order chi connectivity index (χ1) is 9.16. The lowest BCUT2D eigenvalue weighted by Gasteiger charge is -2.20. The summed E-state index contributed by atoms with van der Waals surface area (Å²) in [5, 5.41) is 9.09. The molecule has 5 nitrogen and oxygen atoms in total. The fourth-order valence-corrected chi connectivity index (χ4v) is 2.60. The van der Waals surface area contributed by atoms with Gasteiger partial charge < -0.3 is 10.0 Å². The highest BCUT2D eigenvalue weighted by Crippen LogP contribution is 2.39. The Morgan fingerprint density at radius 1 is 1.26 bits per heavy atom. The zero-order valence-corrected chi connectivity index (χ0v) is 10.6. The average Bonchev–Trinajstić information content (AvgIpc) is 3.14. The predicted octanol–water partition coefficient (Wildman–Crippen LogP) is 1.65. The summed E-state index contributed by atoms with van der Waals surface area (Å²) < 4.78 is 0. The third kappa shape index (κ3) is 2.32. The highest BCUT2D eigenvalue weighted by Gasteiger charge is 2.35. The standard InChI is InChI=1S/C14H16N2O3/c17-13(16-7-1-2-12(16)14(18)19)11-6-5-10(8-15-11)9-3-4-9/h5-6,8-9,12H,1-4,7H2,(H,18,19)/t12-/m1/s1. The summed E-state index contributed by atoms with van der Waals surface area (Å²) in [5.74, 6) is -0.595. The molecule has 3 rings (SSSR count). The number of amides is 1. The number of rotatable bonds is 3. The van der Waals surface area contributed by atoms with Crippen LogP contribution in [0, 0.1) is 0 Å². The van der Waals surface area contributed by atoms with Crippen LogP contribution in [0.5, 0.6) is 0 Å². The van der Waals surface area contributed by atoms with E-state index in [1.807, 2.05) is 6.07 Å². The van der Waals surface area contributed by atoms with E-state index < -0.39 is 12.0 Å². The molecule has 0 unspecified atom stereocenters. The van der Waals surface area contributed by atoms with Crippen molar-refractivity contribution in [2.45, 2.75) is 37.6 Å². The summed E-state index contributed by atoms with van der Waals surface area (Å²) in [6, 6.07) is 2.95. The zero-order chi connectivity index (χ0) is 13.4. The van der Waals surface area contributed by atoms with Crippen molar-refractivity contribution < 1.29 is 14.7 Å². The van der Waals surface area contributed by atoms with Gasteiger partial charge in [-0.15, -0.1) is 0 Å². The van der Waals surface area contributed by atoms with Gasteiger partial charge in [0.25, 0.3) is 5.91 Å². The smallest absolute Gasteiger partial charge is 0.326 e. The van der Waals surface area contributed by atoms with Crippen LogP contribution in [0.4, 0.5) is 0 Å². The van der Waals surface area contributed by atoms with Crippen LogP contribution in [0.25, 0.3) is 0 Å². The normalized spacial score (nSPS) is 22.5. The molecule has 0 aromatic carbocycles. The van der Waals surface area contributed by atoms with Crippen molar-refractivity contribution in [2.24, 2.45) is 0 Å². The molecule has 19 heavy (non-hydrogen) atoms. The van der Waals surface area contributed by atoms with Crippen LogP contribution in [0.1, 0.15) is 47.7 Å². The van der Waals surface area contributed by atoms with Crippen molar-refractivity contribution in [3.8, 4) is 0 Å². The van der Waals surface area contributed by atoms with Gasteiger partial charge >= 0.3 is 5.97 Å². The summed E-state index contributed by atoms with van der Waals surface area (Å²) in [6.45, 7) is 0.502. The molecule has 1 atom stereocenters. The second-order valence-corrected chi connectivity index (χ2v) is 5.25. The Hall–Kier alpha value is -1.91. The molecule has 1 saturated heterocycles. The van der Waals surface area contributed by atoms with Crippen molar-refractivity contribution in [2.75, 3.05) is 6.54 Å². The van der Waals surface area contributed by atoms with E-state index in [9.17, 15) is 9.59 Å². The number of hydrogen-bond acceptors (Lipinski definition) is 3. The molecule has 2 heterocycles. The van der Waals surface area contributed by atoms with E-state index in [1.54, 1.807) is 12.3 Å². The molecule has 100 valence electrons. The number of carbonyl (C=O) groups excluding carboxylic acids is 1. The number of hydrogen-bond donors (Lipinski definition) is 1. The molecule has 1 amide bonds. The van der Waals surface area contributed by atoms with Crippen LogP contribution in [-0.4, -0.2) is 39.5 Å². The molecule has 1 aromatic rings. The summed E-state index contributed by atoms with van der Waals surface area (Å²) in [6.07, 6.45) is 5.41. The number of carbonyl (C=O) groups is 2. The summed E-state index contributed by atoms with van der Waals surface area (Å²) >= 11 is 0. The monoisotopic (exact) mass is 260 g/mol. The first-order valence-corrected chi connectivity index (χ1v) is 6.66. The molecule has 5 heteroatoms. The van der Waals surface area contributed by atoms with Crippen LogP contribution in [0.2, 0.25) is 0 Å². The van der Waals surface area contributed by atoms with Crippen molar-refractivity contribution in [1.29, 1.82) is 0 Å². The third-order valence-corrected chi connectivity index (χ3v) is 3.85. The Balaban J connectivity index is 1.77. The average molecular weight is 260 g/mol. The number of carboxylic acids is 1. The van der Waals surface area contributed by atoms with E-state index in [0.29, 0.717) is 24.6 Å². The number of aliphatic carboxylic acids is 1. The zero-order valence-electron chi connectivity index (χ0n) is 10.6. The van der Waals surface area contributed by atoms with Crippen molar-refractivity contribution in [3.05, 3.63) is 29.6 Å². The second kappa shape index (κ2) is 4.64. The lowest BCUT2D eigenvalue weighted by Crippen LogP contribution is -2.40. The van der Waals surface area contributed by atoms with Gasteiger partial charge in [0, 0.05) is 12.7 Å². The summed E-state index contributed by atoms with van der Waals surface area (Å²) in [4.78, 5) is 29.0. The Bertz CT molecular complexity index is 508. The third-order valence-electron chi connectivity index (χ3n) is 3.85. The van der Waals surface area contributed by atoms with Crippen LogP contribution in [-0.2, 0) is 4.79 Å². The van der Waals surface area contributed by atoms with Gasteiger partial charge in [-0.3, -0.25) is 9.78 Å². The minimum Gasteiger partial charge on any atom is -0.480 e. The highest BCUT2D eigenvalue weighted by molar-refractivity contribution is 5.95. The van der Waals surface area contributed by atoms with Gasteiger partial charge in [0.1, 0.15) is 11.7 Å². The van der Waals surface area contributed by atoms with Crippen molar-refractivity contribution in [3.63, 3.8) is 0 Å². The fourth-order valence-electron chi connectivity index (χ4n) is 2.60. The Morgan fingerprint density at radius 2 is 2.05 bits per heavy atom. The van der Waals surface area contributed by atoms with Gasteiger partial charge in [0.2, 0.25) is 0 Å². The molecule has 0 spiro atoms. The quantitative estimate of drug-likeness (QED) is 0.897. The number of pyridine rings is 1. The molecule has 1 saturated carbocycles. The lowest BCUT2D eigenvalue weighted by atomic mass is 10.1. The van der Waals surface area contributed by atoms with Crippen LogP contribution < -0.4 is 0 Å². The van der Waals surface area contributed by atoms with Gasteiger partial charge in [-0.05, 0) is 43.2 Å². The maximum absolute atomic E-state index is 12.3. The SMILES string of the molecule is O=C(O)[C@H]1CCCN1C(=O)c1ccc(C2CC2)cn1. The number of aromatic nitrogens is 1. The molecular formula is C14H16N2O3. The van der Waals surface area contributed by atoms with E-state index in [4.69, 9.17) is 5.11 Å². The minimum atomic E-state index is -0.930. The molecule has 0 bridgehead atoms. The predicted molar refractivity (Wildman–Crippen MR) is 67.9 cm³/mol. The van der Waals surface area contributed by atoms with Crippen LogP contribution >= 0.6 is 0 Å². The molecule has 1 aliphatic carbocycles. The summed E-state index contributed by atoms with van der Waals surface area (Å²) in [7, 11) is 0. The number of nitrogens with zero attached hydrogens (tertiary/aromatic N) is 2. The van der Waals surface area contributed by atoms with Crippen LogP contribution in [0.3, 0.4) is 0 Å². The summed E-state index contributed by atoms with van der Waals surface area (Å²) in [5.41, 5.74) is 1.52. The first-order valence-electron chi connectivity index (χ1n) is 6.66. The maximum atomic E-state index is 12.3. The van der Waals surface area contributed by atoms with Crippen LogP contribution in [0.15, 0.2) is 18.3 Å². The maximum Gasteiger partial charge on any atom is 0.326 e. The molecule has 2 aliphatic rings. The topological polar surface area (TPSA) is 70.5 Å². The number of likely N-dealkylation sites (tertiary alicyclic amines) is 1. The van der Waals surface area contributed by atoms with E-state index >= 15 is 0 Å². The molecular weight excluding hydrogens is 244 g/mol. The largest absolute Gasteiger partial charge is 0.480 e. The van der Waals surface area contributed by atoms with E-state index in [0.717, 1.165) is 6.42 Å². The molecule has 1 aliphatic heterocycles. The first kappa shape index (κ1) is 12.1. The van der Waals surface area contributed by atoms with E-state index in [-0.39, 0.29) is 5.91 Å². The molecule has 1 aromatic heterocycles. The lowest BCUT2D eigenvalue weighted by molar-refractivity contribution is -0.141. The van der Waals surface area contributed by atoms with Gasteiger partial charge in [-0.25, -0.2) is 4.79 Å². The van der Waals surface area contributed by atoms with E-state index in [1.165, 1.54) is 23.3 Å². The molecule has 1 N–H and O–H groups in total. The van der Waals surface area contributed by atoms with E-state index in [2.05, 4.69) is 4.98 Å². The van der Waals surface area contributed by atoms with Gasteiger partial charge in [0.05, 0.1) is 0 Å². The molecule has 0 radical (unpaired) electrons. The van der Waals surface area contributed by atoms with Crippen molar-refractivity contribution in [1.82, 2.24) is 9.88 Å². The Kier molecular flexibility index (Phi) is 2.97. The minimum absolute atomic E-state index is 0.271. The Labute approximate surface area is 111 Å². The van der Waals surface area contributed by atoms with Gasteiger partial charge in [0.15, 0.2) is 0 Å². The highest BCUT2D eigenvalue weighted by atomic mass is 16.4. The fraction of sp³-hybridized carbons (Fsp3) is 0.500.